The van der Waals surface area contributed by atoms with Crippen molar-refractivity contribution in [2.75, 3.05) is 11.9 Å². The summed E-state index contributed by atoms with van der Waals surface area (Å²) in [6, 6.07) is 10.7. The Morgan fingerprint density at radius 2 is 1.93 bits per heavy atom. The molecular formula is C19H19ClFN3O3S. The van der Waals surface area contributed by atoms with Crippen molar-refractivity contribution >= 4 is 39.1 Å². The average molecular weight is 424 g/mol. The number of halogens is 2. The third-order valence-corrected chi connectivity index (χ3v) is 5.88. The van der Waals surface area contributed by atoms with Gasteiger partial charge in [0, 0.05) is 24.2 Å². The quantitative estimate of drug-likeness (QED) is 0.665. The Morgan fingerprint density at radius 3 is 2.71 bits per heavy atom. The summed E-state index contributed by atoms with van der Waals surface area (Å²) in [6.07, 6.45) is 2.47. The molecule has 0 saturated heterocycles. The fourth-order valence-electron chi connectivity index (χ4n) is 2.81. The van der Waals surface area contributed by atoms with Crippen molar-refractivity contribution in [3.63, 3.8) is 0 Å². The van der Waals surface area contributed by atoms with Crippen LogP contribution in [0.15, 0.2) is 52.4 Å². The highest BCUT2D eigenvalue weighted by atomic mass is 35.5. The van der Waals surface area contributed by atoms with Gasteiger partial charge in [-0.05, 0) is 43.2 Å². The van der Waals surface area contributed by atoms with Crippen LogP contribution in [0.3, 0.4) is 0 Å². The largest absolute Gasteiger partial charge is 0.326 e. The molecule has 0 saturated carbocycles. The van der Waals surface area contributed by atoms with Crippen LogP contribution in [0, 0.1) is 5.82 Å². The van der Waals surface area contributed by atoms with E-state index in [2.05, 4.69) is 15.0 Å². The number of carbonyl (C=O) groups is 1. The summed E-state index contributed by atoms with van der Waals surface area (Å²) in [5.74, 6) is -0.346. The van der Waals surface area contributed by atoms with Crippen LogP contribution < -0.4 is 10.0 Å². The molecule has 2 aromatic rings. The summed E-state index contributed by atoms with van der Waals surface area (Å²) >= 11 is 5.68. The summed E-state index contributed by atoms with van der Waals surface area (Å²) in [5.41, 5.74) is 1.04. The lowest BCUT2D eigenvalue weighted by Gasteiger charge is -2.06. The van der Waals surface area contributed by atoms with Gasteiger partial charge in [-0.3, -0.25) is 14.5 Å². The second-order valence-corrected chi connectivity index (χ2v) is 8.38. The van der Waals surface area contributed by atoms with Crippen molar-refractivity contribution in [3.05, 3.63) is 58.9 Å². The molecule has 0 atom stereocenters. The van der Waals surface area contributed by atoms with Crippen LogP contribution in [-0.2, 0) is 14.8 Å². The number of rotatable bonds is 7. The van der Waals surface area contributed by atoms with Crippen LogP contribution in [0.25, 0.3) is 0 Å². The summed E-state index contributed by atoms with van der Waals surface area (Å²) in [5, 5.41) is 2.63. The Hall–Kier alpha value is -2.45. The zero-order chi connectivity index (χ0) is 20.1. The minimum Gasteiger partial charge on any atom is -0.326 e. The van der Waals surface area contributed by atoms with Gasteiger partial charge in [0.25, 0.3) is 10.0 Å². The van der Waals surface area contributed by atoms with E-state index in [-0.39, 0.29) is 15.8 Å². The molecule has 0 fully saturated rings. The lowest BCUT2D eigenvalue weighted by atomic mass is 10.2. The summed E-state index contributed by atoms with van der Waals surface area (Å²) in [7, 11) is -3.52. The first-order valence-electron chi connectivity index (χ1n) is 8.78. The highest BCUT2D eigenvalue weighted by Crippen LogP contribution is 2.22. The van der Waals surface area contributed by atoms with E-state index in [1.165, 1.54) is 18.2 Å². The Labute approximate surface area is 167 Å². The van der Waals surface area contributed by atoms with E-state index in [1.807, 2.05) is 0 Å². The van der Waals surface area contributed by atoms with Crippen molar-refractivity contribution in [1.29, 1.82) is 0 Å². The van der Waals surface area contributed by atoms with Gasteiger partial charge in [-0.25, -0.2) is 12.8 Å². The zero-order valence-corrected chi connectivity index (χ0v) is 16.5. The maximum Gasteiger partial charge on any atom is 0.263 e. The number of hydrogen-bond donors (Lipinski definition) is 2. The van der Waals surface area contributed by atoms with Gasteiger partial charge >= 0.3 is 0 Å². The van der Waals surface area contributed by atoms with E-state index in [4.69, 9.17) is 11.6 Å². The topological polar surface area (TPSA) is 87.6 Å². The van der Waals surface area contributed by atoms with Crippen molar-refractivity contribution in [2.24, 2.45) is 4.99 Å². The van der Waals surface area contributed by atoms with Crippen LogP contribution in [-0.4, -0.2) is 26.7 Å². The highest BCUT2D eigenvalue weighted by molar-refractivity contribution is 7.90. The Balaban J connectivity index is 1.41. The molecule has 1 heterocycles. The van der Waals surface area contributed by atoms with Crippen LogP contribution in [0.4, 0.5) is 10.1 Å². The number of nitrogens with one attached hydrogen (secondary N) is 2. The molecule has 0 radical (unpaired) electrons. The molecule has 0 unspecified atom stereocenters. The molecule has 1 aliphatic rings. The van der Waals surface area contributed by atoms with Crippen molar-refractivity contribution < 1.29 is 17.6 Å². The molecule has 1 aliphatic heterocycles. The summed E-state index contributed by atoms with van der Waals surface area (Å²) < 4.78 is 39.6. The Kier molecular flexibility index (Phi) is 6.31. The minimum atomic E-state index is -3.52. The van der Waals surface area contributed by atoms with Crippen molar-refractivity contribution in [1.82, 2.24) is 4.72 Å². The van der Waals surface area contributed by atoms with Crippen LogP contribution >= 0.6 is 11.6 Å². The van der Waals surface area contributed by atoms with Gasteiger partial charge in [-0.2, -0.15) is 0 Å². The maximum atomic E-state index is 13.1. The molecule has 0 aliphatic carbocycles. The van der Waals surface area contributed by atoms with Gasteiger partial charge in [0.2, 0.25) is 5.91 Å². The molecule has 2 N–H and O–H groups in total. The number of carbonyl (C=O) groups excluding carboxylic acids is 1. The van der Waals surface area contributed by atoms with E-state index in [9.17, 15) is 17.6 Å². The third-order valence-electron chi connectivity index (χ3n) is 4.20. The van der Waals surface area contributed by atoms with E-state index < -0.39 is 15.8 Å². The van der Waals surface area contributed by atoms with Gasteiger partial charge < -0.3 is 5.32 Å². The number of nitrogens with zero attached hydrogens (tertiary/aromatic N) is 1. The highest BCUT2D eigenvalue weighted by Gasteiger charge is 2.29. The maximum absolute atomic E-state index is 13.1. The fraction of sp³-hybridized carbons (Fsp3) is 0.263. The van der Waals surface area contributed by atoms with E-state index in [1.54, 1.807) is 24.3 Å². The van der Waals surface area contributed by atoms with Crippen molar-refractivity contribution in [3.8, 4) is 0 Å². The molecule has 3 rings (SSSR count). The number of unbranched alkanes of at least 4 members (excludes halogenated alkanes) is 2. The molecule has 0 spiro atoms. The van der Waals surface area contributed by atoms with E-state index in [0.717, 1.165) is 12.8 Å². The van der Waals surface area contributed by atoms with E-state index in [0.29, 0.717) is 36.5 Å². The number of anilines is 1. The standard InChI is InChI=1S/C19H19ClFN3O3S/c20-15-12-13(9-10-16(15)21)23-18(25)8-2-1-5-11-22-19-14-6-3-4-7-17(14)28(26,27)24-19/h3-4,6-7,9-10,12H,1-2,5,8,11H2,(H,22,24)(H,23,25). The predicted molar refractivity (Wildman–Crippen MR) is 107 cm³/mol. The molecule has 2 aromatic carbocycles. The predicted octanol–water partition coefficient (Wildman–Crippen LogP) is 3.72. The Morgan fingerprint density at radius 1 is 1.14 bits per heavy atom. The second kappa shape index (κ2) is 8.70. The number of fused-ring (bicyclic) bond motifs is 1. The molecule has 1 amide bonds. The average Bonchev–Trinajstić information content (AvgIpc) is 2.92. The fourth-order valence-corrected chi connectivity index (χ4v) is 4.25. The number of benzene rings is 2. The first-order valence-corrected chi connectivity index (χ1v) is 10.6. The first-order chi connectivity index (χ1) is 13.4. The monoisotopic (exact) mass is 423 g/mol. The number of sulfonamides is 1. The molecule has 148 valence electrons. The molecule has 28 heavy (non-hydrogen) atoms. The molecular weight excluding hydrogens is 405 g/mol. The number of amides is 1. The van der Waals surface area contributed by atoms with Gasteiger partial charge in [-0.1, -0.05) is 30.2 Å². The second-order valence-electron chi connectivity index (χ2n) is 6.32. The van der Waals surface area contributed by atoms with Gasteiger partial charge in [-0.15, -0.1) is 0 Å². The van der Waals surface area contributed by atoms with Crippen LogP contribution in [0.1, 0.15) is 31.2 Å². The normalized spacial score (nSPS) is 15.9. The first kappa shape index (κ1) is 20.3. The SMILES string of the molecule is O=C(CCCCCN=C1NS(=O)(=O)c2ccccc21)Nc1ccc(F)c(Cl)c1. The van der Waals surface area contributed by atoms with Crippen LogP contribution in [0.5, 0.6) is 0 Å². The summed E-state index contributed by atoms with van der Waals surface area (Å²) in [4.78, 5) is 16.5. The van der Waals surface area contributed by atoms with Crippen molar-refractivity contribution in [2.45, 2.75) is 30.6 Å². The third kappa shape index (κ3) is 4.88. The molecule has 9 heteroatoms. The van der Waals surface area contributed by atoms with Crippen LogP contribution in [0.2, 0.25) is 5.02 Å². The molecule has 0 aromatic heterocycles. The number of aliphatic imine (C=N–C) groups is 1. The lowest BCUT2D eigenvalue weighted by molar-refractivity contribution is -0.116. The number of hydrogen-bond acceptors (Lipinski definition) is 4. The smallest absolute Gasteiger partial charge is 0.263 e. The van der Waals surface area contributed by atoms with Gasteiger partial charge in [0.1, 0.15) is 11.7 Å². The van der Waals surface area contributed by atoms with Gasteiger partial charge in [0.05, 0.1) is 9.92 Å². The molecule has 0 bridgehead atoms. The zero-order valence-electron chi connectivity index (χ0n) is 14.9. The van der Waals surface area contributed by atoms with Gasteiger partial charge in [0.15, 0.2) is 0 Å². The lowest BCUT2D eigenvalue weighted by Crippen LogP contribution is -2.22. The van der Waals surface area contributed by atoms with E-state index >= 15 is 0 Å². The molecule has 6 nitrogen and oxygen atoms in total. The number of amidine groups is 1. The Bertz CT molecular complexity index is 1020. The summed E-state index contributed by atoms with van der Waals surface area (Å²) in [6.45, 7) is 0.460. The minimum absolute atomic E-state index is 0.0407.